The van der Waals surface area contributed by atoms with Crippen LogP contribution in [0, 0.1) is 12.3 Å². The number of amides is 2. The molecule has 0 unspecified atom stereocenters. The van der Waals surface area contributed by atoms with Crippen LogP contribution in [-0.2, 0) is 27.9 Å². The number of carboxylic acid groups (broad SMARTS) is 1. The lowest BCUT2D eigenvalue weighted by molar-refractivity contribution is -0.144. The third kappa shape index (κ3) is 6.69. The second kappa shape index (κ2) is 9.01. The topological polar surface area (TPSA) is 105 Å². The summed E-state index contributed by atoms with van der Waals surface area (Å²) in [5.74, 6) is -1.03. The second-order valence-electron chi connectivity index (χ2n) is 8.20. The molecule has 2 amide bonds. The Kier molecular flexibility index (Phi) is 7.56. The van der Waals surface area contributed by atoms with Crippen LogP contribution in [0.5, 0.6) is 0 Å². The number of carbonyl (C=O) groups excluding carboxylic acids is 2. The molecule has 152 valence electrons. The first-order valence-corrected chi connectivity index (χ1v) is 9.07. The van der Waals surface area contributed by atoms with Gasteiger partial charge in [0, 0.05) is 39.3 Å². The predicted octanol–water partition coefficient (Wildman–Crippen LogP) is 1.51. The molecule has 0 aliphatic heterocycles. The highest BCUT2D eigenvalue weighted by Gasteiger charge is 2.31. The van der Waals surface area contributed by atoms with E-state index in [1.165, 1.54) is 11.8 Å². The van der Waals surface area contributed by atoms with Gasteiger partial charge in [0.1, 0.15) is 17.9 Å². The number of carbonyl (C=O) groups is 3. The molecule has 0 fully saturated rings. The van der Waals surface area contributed by atoms with Gasteiger partial charge in [0.15, 0.2) is 0 Å². The summed E-state index contributed by atoms with van der Waals surface area (Å²) in [6, 6.07) is -1.80. The minimum absolute atomic E-state index is 0.0414. The Morgan fingerprint density at radius 2 is 1.93 bits per heavy atom. The van der Waals surface area contributed by atoms with Crippen molar-refractivity contribution in [3.05, 3.63) is 17.7 Å². The maximum atomic E-state index is 12.9. The van der Waals surface area contributed by atoms with Crippen molar-refractivity contribution >= 4 is 17.8 Å². The maximum absolute atomic E-state index is 12.9. The van der Waals surface area contributed by atoms with Crippen LogP contribution in [-0.4, -0.2) is 56.5 Å². The molecule has 0 spiro atoms. The van der Waals surface area contributed by atoms with E-state index in [0.717, 1.165) is 11.5 Å². The monoisotopic (exact) mass is 380 g/mol. The zero-order valence-corrected chi connectivity index (χ0v) is 17.4. The van der Waals surface area contributed by atoms with Gasteiger partial charge in [-0.15, -0.1) is 0 Å². The second-order valence-corrected chi connectivity index (χ2v) is 8.20. The number of nitrogens with zero attached hydrogens (tertiary/aromatic N) is 3. The Morgan fingerprint density at radius 1 is 1.33 bits per heavy atom. The summed E-state index contributed by atoms with van der Waals surface area (Å²) < 4.78 is 1.85. The van der Waals surface area contributed by atoms with Gasteiger partial charge in [-0.2, -0.15) is 0 Å². The molecule has 0 aliphatic carbocycles. The molecule has 0 aromatic carbocycles. The highest BCUT2D eigenvalue weighted by atomic mass is 16.4. The standard InChI is InChI=1S/C19H32N4O4/c1-12-20-11-14(22(12)6)10-16(23(7)13(2)24)17(25)21-15(18(26)27)8-9-19(3,4)5/h11,15-16H,8-10H2,1-7H3,(H,21,25)(H,26,27)/t15-,16-/m0/s1. The minimum atomic E-state index is -1.08. The highest BCUT2D eigenvalue weighted by molar-refractivity contribution is 5.90. The van der Waals surface area contributed by atoms with E-state index in [2.05, 4.69) is 10.3 Å². The van der Waals surface area contributed by atoms with Crippen LogP contribution >= 0.6 is 0 Å². The zero-order chi connectivity index (χ0) is 20.9. The van der Waals surface area contributed by atoms with Crippen LogP contribution in [0.4, 0.5) is 0 Å². The average molecular weight is 380 g/mol. The van der Waals surface area contributed by atoms with Crippen molar-refractivity contribution in [1.82, 2.24) is 19.8 Å². The first-order valence-electron chi connectivity index (χ1n) is 9.07. The van der Waals surface area contributed by atoms with Crippen LogP contribution in [0.2, 0.25) is 0 Å². The van der Waals surface area contributed by atoms with E-state index < -0.39 is 24.0 Å². The zero-order valence-electron chi connectivity index (χ0n) is 17.4. The van der Waals surface area contributed by atoms with Crippen molar-refractivity contribution in [2.45, 2.75) is 66.0 Å². The van der Waals surface area contributed by atoms with Crippen molar-refractivity contribution in [2.24, 2.45) is 12.5 Å². The number of carboxylic acids is 1. The number of imidazole rings is 1. The van der Waals surface area contributed by atoms with Crippen LogP contribution in [0.25, 0.3) is 0 Å². The Balaban J connectivity index is 2.99. The normalized spacial score (nSPS) is 13.7. The van der Waals surface area contributed by atoms with Gasteiger partial charge in [-0.05, 0) is 25.2 Å². The largest absolute Gasteiger partial charge is 0.480 e. The minimum Gasteiger partial charge on any atom is -0.480 e. The lowest BCUT2D eigenvalue weighted by Crippen LogP contribution is -2.52. The molecule has 0 saturated carbocycles. The number of rotatable bonds is 8. The molecule has 1 rings (SSSR count). The SMILES string of the molecule is CC(=O)N(C)[C@@H](Cc1cnc(C)n1C)C(=O)N[C@@H](CCC(C)(C)C)C(=O)O. The number of aliphatic carboxylic acids is 1. The molecule has 1 aromatic heterocycles. The maximum Gasteiger partial charge on any atom is 0.326 e. The van der Waals surface area contributed by atoms with E-state index in [1.54, 1.807) is 13.2 Å². The lowest BCUT2D eigenvalue weighted by Gasteiger charge is -2.28. The van der Waals surface area contributed by atoms with Crippen molar-refractivity contribution in [1.29, 1.82) is 0 Å². The molecule has 0 saturated heterocycles. The van der Waals surface area contributed by atoms with Crippen LogP contribution < -0.4 is 5.32 Å². The number of aryl methyl sites for hydroxylation is 1. The van der Waals surface area contributed by atoms with Crippen molar-refractivity contribution in [2.75, 3.05) is 7.05 Å². The van der Waals surface area contributed by atoms with Crippen molar-refractivity contribution < 1.29 is 19.5 Å². The summed E-state index contributed by atoms with van der Waals surface area (Å²) >= 11 is 0. The molecule has 8 nitrogen and oxygen atoms in total. The van der Waals surface area contributed by atoms with Gasteiger partial charge in [0.2, 0.25) is 11.8 Å². The molecule has 2 atom stereocenters. The summed E-state index contributed by atoms with van der Waals surface area (Å²) in [5.41, 5.74) is 0.752. The van der Waals surface area contributed by atoms with Crippen LogP contribution in [0.15, 0.2) is 6.20 Å². The quantitative estimate of drug-likeness (QED) is 0.711. The van der Waals surface area contributed by atoms with Crippen LogP contribution in [0.3, 0.4) is 0 Å². The van der Waals surface area contributed by atoms with E-state index in [1.807, 2.05) is 39.3 Å². The summed E-state index contributed by atoms with van der Waals surface area (Å²) in [7, 11) is 3.38. The predicted molar refractivity (Wildman–Crippen MR) is 102 cm³/mol. The Bertz CT molecular complexity index is 690. The Morgan fingerprint density at radius 3 is 2.33 bits per heavy atom. The molecule has 0 aliphatic rings. The molecule has 1 aromatic rings. The highest BCUT2D eigenvalue weighted by Crippen LogP contribution is 2.22. The number of aromatic nitrogens is 2. The average Bonchev–Trinajstić information content (AvgIpc) is 2.86. The summed E-state index contributed by atoms with van der Waals surface area (Å²) in [4.78, 5) is 41.8. The van der Waals surface area contributed by atoms with Crippen molar-refractivity contribution in [3.63, 3.8) is 0 Å². The molecular weight excluding hydrogens is 348 g/mol. The third-order valence-corrected chi connectivity index (χ3v) is 4.78. The summed E-state index contributed by atoms with van der Waals surface area (Å²) in [5, 5.41) is 12.1. The third-order valence-electron chi connectivity index (χ3n) is 4.78. The molecule has 27 heavy (non-hydrogen) atoms. The number of hydrogen-bond donors (Lipinski definition) is 2. The number of hydrogen-bond acceptors (Lipinski definition) is 4. The van der Waals surface area contributed by atoms with Gasteiger partial charge in [-0.1, -0.05) is 20.8 Å². The van der Waals surface area contributed by atoms with Crippen molar-refractivity contribution in [3.8, 4) is 0 Å². The van der Waals surface area contributed by atoms with Gasteiger partial charge < -0.3 is 19.9 Å². The molecular formula is C19H32N4O4. The number of nitrogens with one attached hydrogen (secondary N) is 1. The Hall–Kier alpha value is -2.38. The van der Waals surface area contributed by atoms with E-state index in [0.29, 0.717) is 12.8 Å². The van der Waals surface area contributed by atoms with Gasteiger partial charge >= 0.3 is 5.97 Å². The first-order chi connectivity index (χ1) is 12.3. The molecule has 0 bridgehead atoms. The molecule has 8 heteroatoms. The molecule has 2 N–H and O–H groups in total. The summed E-state index contributed by atoms with van der Waals surface area (Å²) in [6.07, 6.45) is 2.90. The van der Waals surface area contributed by atoms with Gasteiger partial charge in [-0.25, -0.2) is 9.78 Å². The van der Waals surface area contributed by atoms with E-state index >= 15 is 0 Å². The molecule has 0 radical (unpaired) electrons. The van der Waals surface area contributed by atoms with Gasteiger partial charge in [-0.3, -0.25) is 9.59 Å². The fourth-order valence-electron chi connectivity index (χ4n) is 2.66. The van der Waals surface area contributed by atoms with Crippen LogP contribution in [0.1, 0.15) is 52.1 Å². The smallest absolute Gasteiger partial charge is 0.326 e. The lowest BCUT2D eigenvalue weighted by atomic mass is 9.88. The number of likely N-dealkylation sites (N-methyl/N-ethyl adjacent to an activating group) is 1. The first kappa shape index (κ1) is 22.7. The van der Waals surface area contributed by atoms with E-state index in [9.17, 15) is 19.5 Å². The fourth-order valence-corrected chi connectivity index (χ4v) is 2.66. The van der Waals surface area contributed by atoms with E-state index in [4.69, 9.17) is 0 Å². The van der Waals surface area contributed by atoms with Gasteiger partial charge in [0.05, 0.1) is 0 Å². The molecule has 1 heterocycles. The Labute approximate surface area is 160 Å². The fraction of sp³-hybridized carbons (Fsp3) is 0.684. The van der Waals surface area contributed by atoms with E-state index in [-0.39, 0.29) is 17.7 Å². The summed E-state index contributed by atoms with van der Waals surface area (Å²) in [6.45, 7) is 9.28. The van der Waals surface area contributed by atoms with Gasteiger partial charge in [0.25, 0.3) is 0 Å².